The van der Waals surface area contributed by atoms with Crippen LogP contribution >= 0.6 is 0 Å². The molecule has 3 aliphatic rings. The fourth-order valence-corrected chi connectivity index (χ4v) is 7.67. The minimum Gasteiger partial charge on any atom is -0.384 e. The average molecular weight is 562 g/mol. The second kappa shape index (κ2) is 16.3. The Balaban J connectivity index is 1.33. The van der Waals surface area contributed by atoms with E-state index in [9.17, 15) is 9.59 Å². The third-order valence-corrected chi connectivity index (χ3v) is 10.1. The number of carbonyl (C=O) groups excluding carboxylic acids is 2. The van der Waals surface area contributed by atoms with E-state index in [0.717, 1.165) is 64.3 Å². The summed E-state index contributed by atoms with van der Waals surface area (Å²) in [6.45, 7) is 3.92. The van der Waals surface area contributed by atoms with Crippen LogP contribution in [0.25, 0.3) is 0 Å². The first kappa shape index (κ1) is 31.5. The minimum absolute atomic E-state index is 0.278. The maximum absolute atomic E-state index is 12.8. The molecule has 0 aromatic heterocycles. The maximum atomic E-state index is 12.8. The van der Waals surface area contributed by atoms with Crippen molar-refractivity contribution in [3.05, 3.63) is 47.5 Å². The summed E-state index contributed by atoms with van der Waals surface area (Å²) >= 11 is 0. The van der Waals surface area contributed by atoms with Gasteiger partial charge in [0.1, 0.15) is 17.7 Å². The van der Waals surface area contributed by atoms with E-state index in [1.165, 1.54) is 75.3 Å². The number of benzene rings is 1. The molecule has 0 radical (unpaired) electrons. The Hall–Kier alpha value is -2.43. The zero-order chi connectivity index (χ0) is 28.9. The first-order chi connectivity index (χ1) is 20.0. The summed E-state index contributed by atoms with van der Waals surface area (Å²) < 4.78 is 0. The minimum atomic E-state index is -0.671. The monoisotopic (exact) mass is 561 g/mol. The van der Waals surface area contributed by atoms with Gasteiger partial charge in [0.05, 0.1) is 0 Å². The smallest absolute Gasteiger partial charge is 0.222 e. The fourth-order valence-electron chi connectivity index (χ4n) is 7.67. The summed E-state index contributed by atoms with van der Waals surface area (Å²) in [5, 5.41) is 0. The number of hydrogen-bond acceptors (Lipinski definition) is 3. The topological polar surface area (TPSA) is 75.8 Å². The Morgan fingerprint density at radius 1 is 0.927 bits per heavy atom. The van der Waals surface area contributed by atoms with Gasteiger partial charge in [-0.25, -0.2) is 0 Å². The van der Waals surface area contributed by atoms with Crippen LogP contribution in [-0.2, 0) is 16.0 Å². The SMILES string of the molecule is CC/C(=C/C(N)=NC(C=O)(CC1CCCCC1)CC1CCCCC1)CCC1CCN(C(=O)CCc2ccccc2)C1. The third kappa shape index (κ3) is 10.1. The number of aryl methyl sites for hydroxylation is 1. The van der Waals surface area contributed by atoms with Crippen LogP contribution in [-0.4, -0.2) is 41.6 Å². The summed E-state index contributed by atoms with van der Waals surface area (Å²) in [5.41, 5.74) is 8.47. The van der Waals surface area contributed by atoms with E-state index in [2.05, 4.69) is 30.0 Å². The zero-order valence-corrected chi connectivity index (χ0v) is 25.7. The molecular weight excluding hydrogens is 506 g/mol. The van der Waals surface area contributed by atoms with Crippen LogP contribution in [0.3, 0.4) is 0 Å². The molecule has 5 heteroatoms. The third-order valence-electron chi connectivity index (χ3n) is 10.1. The van der Waals surface area contributed by atoms with E-state index < -0.39 is 5.54 Å². The van der Waals surface area contributed by atoms with Gasteiger partial charge in [-0.3, -0.25) is 9.79 Å². The lowest BCUT2D eigenvalue weighted by Gasteiger charge is -2.35. The lowest BCUT2D eigenvalue weighted by atomic mass is 9.73. The first-order valence-corrected chi connectivity index (χ1v) is 16.8. The number of likely N-dealkylation sites (tertiary alicyclic amines) is 1. The van der Waals surface area contributed by atoms with Gasteiger partial charge in [-0.05, 0) is 74.3 Å². The van der Waals surface area contributed by atoms with E-state index >= 15 is 0 Å². The maximum Gasteiger partial charge on any atom is 0.222 e. The van der Waals surface area contributed by atoms with Crippen molar-refractivity contribution < 1.29 is 9.59 Å². The van der Waals surface area contributed by atoms with E-state index in [1.54, 1.807) is 0 Å². The number of nitrogens with two attached hydrogens (primary N) is 1. The van der Waals surface area contributed by atoms with E-state index in [4.69, 9.17) is 10.7 Å². The van der Waals surface area contributed by atoms with E-state index in [-0.39, 0.29) is 5.91 Å². The van der Waals surface area contributed by atoms with Gasteiger partial charge >= 0.3 is 0 Å². The molecule has 1 saturated heterocycles. The van der Waals surface area contributed by atoms with E-state index in [0.29, 0.717) is 30.0 Å². The molecule has 226 valence electrons. The van der Waals surface area contributed by atoms with Crippen LogP contribution in [0.2, 0.25) is 0 Å². The summed E-state index contributed by atoms with van der Waals surface area (Å²) in [6.07, 6.45) is 23.0. The lowest BCUT2D eigenvalue weighted by Crippen LogP contribution is -2.37. The normalized spacial score (nSPS) is 21.8. The molecule has 4 rings (SSSR count). The number of hydrogen-bond donors (Lipinski definition) is 1. The second-order valence-electron chi connectivity index (χ2n) is 13.3. The van der Waals surface area contributed by atoms with Gasteiger partial charge in [0.15, 0.2) is 0 Å². The number of amides is 1. The summed E-state index contributed by atoms with van der Waals surface area (Å²) in [5.74, 6) is 2.52. The van der Waals surface area contributed by atoms with Gasteiger partial charge < -0.3 is 15.4 Å². The van der Waals surface area contributed by atoms with Crippen molar-refractivity contribution in [1.29, 1.82) is 0 Å². The number of carbonyl (C=O) groups is 2. The highest BCUT2D eigenvalue weighted by molar-refractivity contribution is 5.93. The van der Waals surface area contributed by atoms with Gasteiger partial charge in [-0.2, -0.15) is 0 Å². The standard InChI is InChI=1S/C36H55N3O2/c1-2-29(18-19-33-22-23-39(27-33)35(41)21-20-30-12-6-3-7-13-30)24-34(37)38-36(28-40,25-31-14-8-4-9-15-31)26-32-16-10-5-11-17-32/h3,6-7,12-13,24,28,31-33H,2,4-5,8-11,14-23,25-27H2,1H3,(H2,37,38)/b29-24-. The molecule has 1 atom stereocenters. The first-order valence-electron chi connectivity index (χ1n) is 16.8. The van der Waals surface area contributed by atoms with Crippen molar-refractivity contribution in [3.8, 4) is 0 Å². The summed E-state index contributed by atoms with van der Waals surface area (Å²) in [7, 11) is 0. The molecule has 3 fully saturated rings. The molecule has 1 heterocycles. The number of nitrogens with zero attached hydrogens (tertiary/aromatic N) is 2. The lowest BCUT2D eigenvalue weighted by molar-refractivity contribution is -0.130. The molecule has 2 saturated carbocycles. The Bertz CT molecular complexity index is 985. The molecule has 0 bridgehead atoms. The van der Waals surface area contributed by atoms with Crippen LogP contribution in [0.5, 0.6) is 0 Å². The van der Waals surface area contributed by atoms with Crippen molar-refractivity contribution in [2.24, 2.45) is 28.5 Å². The molecule has 1 aromatic rings. The van der Waals surface area contributed by atoms with Crippen molar-refractivity contribution in [2.75, 3.05) is 13.1 Å². The molecule has 2 N–H and O–H groups in total. The Morgan fingerprint density at radius 3 is 2.15 bits per heavy atom. The highest BCUT2D eigenvalue weighted by Crippen LogP contribution is 2.38. The second-order valence-corrected chi connectivity index (χ2v) is 13.3. The highest BCUT2D eigenvalue weighted by Gasteiger charge is 2.36. The fraction of sp³-hybridized carbons (Fsp3) is 0.694. The molecule has 5 nitrogen and oxygen atoms in total. The summed E-state index contributed by atoms with van der Waals surface area (Å²) in [4.78, 5) is 32.7. The predicted molar refractivity (Wildman–Crippen MR) is 170 cm³/mol. The van der Waals surface area contributed by atoms with Gasteiger partial charge in [-0.1, -0.05) is 107 Å². The predicted octanol–water partition coefficient (Wildman–Crippen LogP) is 7.82. The van der Waals surface area contributed by atoms with Crippen molar-refractivity contribution >= 4 is 18.0 Å². The zero-order valence-electron chi connectivity index (χ0n) is 25.7. The van der Waals surface area contributed by atoms with Gasteiger partial charge in [0.2, 0.25) is 5.91 Å². The number of aldehydes is 1. The van der Waals surface area contributed by atoms with Crippen molar-refractivity contribution in [1.82, 2.24) is 4.90 Å². The molecule has 1 aliphatic heterocycles. The molecule has 0 spiro atoms. The van der Waals surface area contributed by atoms with Gasteiger partial charge in [-0.15, -0.1) is 0 Å². The van der Waals surface area contributed by atoms with Crippen LogP contribution < -0.4 is 5.73 Å². The molecule has 41 heavy (non-hydrogen) atoms. The molecule has 1 aromatic carbocycles. The number of rotatable bonds is 14. The van der Waals surface area contributed by atoms with Crippen LogP contribution in [0, 0.1) is 17.8 Å². The van der Waals surface area contributed by atoms with Gasteiger partial charge in [0.25, 0.3) is 0 Å². The van der Waals surface area contributed by atoms with Crippen molar-refractivity contribution in [2.45, 2.75) is 128 Å². The molecule has 1 unspecified atom stereocenters. The average Bonchev–Trinajstić information content (AvgIpc) is 3.49. The van der Waals surface area contributed by atoms with Crippen LogP contribution in [0.4, 0.5) is 0 Å². The van der Waals surface area contributed by atoms with Crippen LogP contribution in [0.1, 0.15) is 122 Å². The largest absolute Gasteiger partial charge is 0.384 e. The Kier molecular flexibility index (Phi) is 12.5. The number of allylic oxidation sites excluding steroid dienone is 1. The van der Waals surface area contributed by atoms with Crippen LogP contribution in [0.15, 0.2) is 47.0 Å². The molecule has 1 amide bonds. The van der Waals surface area contributed by atoms with Crippen molar-refractivity contribution in [3.63, 3.8) is 0 Å². The Labute approximate surface area is 249 Å². The Morgan fingerprint density at radius 2 is 1.56 bits per heavy atom. The number of aliphatic imine (C=N–C) groups is 1. The molecule has 2 aliphatic carbocycles. The highest BCUT2D eigenvalue weighted by atomic mass is 16.2. The molecular formula is C36H55N3O2. The van der Waals surface area contributed by atoms with Gasteiger partial charge in [0, 0.05) is 19.5 Å². The number of amidine groups is 1. The summed E-state index contributed by atoms with van der Waals surface area (Å²) in [6, 6.07) is 10.3. The van der Waals surface area contributed by atoms with E-state index in [1.807, 2.05) is 18.2 Å². The quantitative estimate of drug-likeness (QED) is 0.143.